The fraction of sp³-hybridized carbons (Fsp3) is 0.400. The lowest BCUT2D eigenvalue weighted by atomic mass is 9.96. The van der Waals surface area contributed by atoms with Gasteiger partial charge in [0.05, 0.1) is 0 Å². The van der Waals surface area contributed by atoms with Crippen LogP contribution in [0.1, 0.15) is 56.6 Å². The molecule has 0 aliphatic heterocycles. The summed E-state index contributed by atoms with van der Waals surface area (Å²) in [5.41, 5.74) is 3.92. The molecule has 4 rings (SSSR count). The Hall–Kier alpha value is -2.36. The largest absolute Gasteiger partial charge is 0.373 e. The van der Waals surface area contributed by atoms with E-state index in [1.54, 1.807) is 0 Å². The molecule has 0 amide bonds. The molecule has 2 aromatic carbocycles. The van der Waals surface area contributed by atoms with Gasteiger partial charge in [-0.25, -0.2) is 0 Å². The number of aromatic nitrogens is 2. The topological polar surface area (TPSA) is 51.0 Å². The van der Waals surface area contributed by atoms with Crippen LogP contribution in [0.25, 0.3) is 10.8 Å². The molecule has 1 aromatic heterocycles. The molecular formula is C20H23N3O. The maximum absolute atomic E-state index is 5.47. The van der Waals surface area contributed by atoms with Crippen molar-refractivity contribution in [3.63, 3.8) is 0 Å². The number of anilines is 1. The minimum atomic E-state index is -0.108. The van der Waals surface area contributed by atoms with Gasteiger partial charge in [-0.3, -0.25) is 0 Å². The second-order valence-corrected chi connectivity index (χ2v) is 7.68. The highest BCUT2D eigenvalue weighted by molar-refractivity contribution is 5.99. The lowest BCUT2D eigenvalue weighted by Gasteiger charge is -2.15. The Morgan fingerprint density at radius 2 is 1.83 bits per heavy atom. The number of hydrogen-bond donors (Lipinski definition) is 1. The molecule has 4 heteroatoms. The van der Waals surface area contributed by atoms with Crippen molar-refractivity contribution in [1.29, 1.82) is 0 Å². The Bertz CT molecular complexity index is 895. The zero-order chi connectivity index (χ0) is 16.9. The van der Waals surface area contributed by atoms with E-state index >= 15 is 0 Å². The number of benzene rings is 2. The van der Waals surface area contributed by atoms with Crippen molar-refractivity contribution >= 4 is 16.5 Å². The van der Waals surface area contributed by atoms with Gasteiger partial charge in [-0.2, -0.15) is 4.98 Å². The molecule has 0 saturated carbocycles. The lowest BCUT2D eigenvalue weighted by Crippen LogP contribution is -2.14. The molecule has 1 heterocycles. The average molecular weight is 321 g/mol. The van der Waals surface area contributed by atoms with E-state index in [-0.39, 0.29) is 11.5 Å². The van der Waals surface area contributed by atoms with E-state index in [1.165, 1.54) is 21.9 Å². The van der Waals surface area contributed by atoms with Crippen LogP contribution >= 0.6 is 0 Å². The van der Waals surface area contributed by atoms with Crippen molar-refractivity contribution < 1.29 is 4.52 Å². The quantitative estimate of drug-likeness (QED) is 0.753. The van der Waals surface area contributed by atoms with Crippen LogP contribution < -0.4 is 5.32 Å². The van der Waals surface area contributed by atoms with Gasteiger partial charge in [-0.1, -0.05) is 50.2 Å². The summed E-state index contributed by atoms with van der Waals surface area (Å²) >= 11 is 0. The Morgan fingerprint density at radius 3 is 2.54 bits per heavy atom. The fourth-order valence-corrected chi connectivity index (χ4v) is 3.38. The summed E-state index contributed by atoms with van der Waals surface area (Å²) in [5, 5.41) is 10.4. The highest BCUT2D eigenvalue weighted by Crippen LogP contribution is 2.36. The zero-order valence-corrected chi connectivity index (χ0v) is 14.7. The van der Waals surface area contributed by atoms with Gasteiger partial charge in [0.2, 0.25) is 5.89 Å². The molecule has 1 N–H and O–H groups in total. The Balaban J connectivity index is 1.66. The number of rotatable bonds is 3. The number of hydrogen-bond acceptors (Lipinski definition) is 4. The SMILES string of the molecule is CC(Nc1ccc2c3c(cccc13)CC2)c1nc(C(C)(C)C)no1. The Morgan fingerprint density at radius 1 is 1.08 bits per heavy atom. The first-order valence-electron chi connectivity index (χ1n) is 8.57. The molecule has 1 aliphatic rings. The standard InChI is InChI=1S/C20H23N3O/c1-12(18-22-19(23-24-18)20(2,3)4)21-16-11-10-14-9-8-13-6-5-7-15(16)17(13)14/h5-7,10-12,21H,8-9H2,1-4H3. The first-order valence-corrected chi connectivity index (χ1v) is 8.57. The van der Waals surface area contributed by atoms with Crippen molar-refractivity contribution in [3.05, 3.63) is 53.2 Å². The van der Waals surface area contributed by atoms with E-state index in [9.17, 15) is 0 Å². The minimum Gasteiger partial charge on any atom is -0.373 e. The molecular weight excluding hydrogens is 298 g/mol. The third-order valence-corrected chi connectivity index (χ3v) is 4.73. The average Bonchev–Trinajstić information content (AvgIpc) is 3.18. The van der Waals surface area contributed by atoms with E-state index in [1.807, 2.05) is 0 Å². The monoisotopic (exact) mass is 321 g/mol. The van der Waals surface area contributed by atoms with Crippen molar-refractivity contribution in [3.8, 4) is 0 Å². The van der Waals surface area contributed by atoms with Crippen LogP contribution in [0.15, 0.2) is 34.9 Å². The van der Waals surface area contributed by atoms with Crippen molar-refractivity contribution in [2.75, 3.05) is 5.32 Å². The van der Waals surface area contributed by atoms with Crippen LogP contribution in [0.3, 0.4) is 0 Å². The molecule has 1 atom stereocenters. The van der Waals surface area contributed by atoms with Gasteiger partial charge < -0.3 is 9.84 Å². The van der Waals surface area contributed by atoms with Gasteiger partial charge in [0.25, 0.3) is 0 Å². The molecule has 0 fully saturated rings. The maximum Gasteiger partial charge on any atom is 0.248 e. The summed E-state index contributed by atoms with van der Waals surface area (Å²) in [7, 11) is 0. The van der Waals surface area contributed by atoms with Gasteiger partial charge in [0.1, 0.15) is 6.04 Å². The van der Waals surface area contributed by atoms with Gasteiger partial charge >= 0.3 is 0 Å². The van der Waals surface area contributed by atoms with Crippen LogP contribution in [0.4, 0.5) is 5.69 Å². The van der Waals surface area contributed by atoms with Crippen molar-refractivity contribution in [1.82, 2.24) is 10.1 Å². The van der Waals surface area contributed by atoms with Crippen LogP contribution in [-0.4, -0.2) is 10.1 Å². The molecule has 3 aromatic rings. The molecule has 1 unspecified atom stereocenters. The van der Waals surface area contributed by atoms with Gasteiger partial charge in [0.15, 0.2) is 5.82 Å². The van der Waals surface area contributed by atoms with E-state index < -0.39 is 0 Å². The first-order chi connectivity index (χ1) is 11.4. The first kappa shape index (κ1) is 15.2. The molecule has 0 bridgehead atoms. The van der Waals surface area contributed by atoms with Crippen LogP contribution in [0.2, 0.25) is 0 Å². The van der Waals surface area contributed by atoms with Crippen molar-refractivity contribution in [2.45, 2.75) is 52.0 Å². The summed E-state index contributed by atoms with van der Waals surface area (Å²) in [5.74, 6) is 1.37. The molecule has 0 spiro atoms. The second kappa shape index (κ2) is 5.33. The normalized spacial score (nSPS) is 15.0. The molecule has 4 nitrogen and oxygen atoms in total. The van der Waals surface area contributed by atoms with Gasteiger partial charge in [-0.05, 0) is 42.3 Å². The second-order valence-electron chi connectivity index (χ2n) is 7.68. The molecule has 24 heavy (non-hydrogen) atoms. The summed E-state index contributed by atoms with van der Waals surface area (Å²) in [6.07, 6.45) is 2.29. The third kappa shape index (κ3) is 2.46. The maximum atomic E-state index is 5.47. The molecule has 0 saturated heterocycles. The van der Waals surface area contributed by atoms with Crippen LogP contribution in [0.5, 0.6) is 0 Å². The molecule has 124 valence electrons. The van der Waals surface area contributed by atoms with E-state index in [2.05, 4.69) is 73.5 Å². The minimum absolute atomic E-state index is 0.0351. The zero-order valence-electron chi connectivity index (χ0n) is 14.7. The van der Waals surface area contributed by atoms with Gasteiger partial charge in [0, 0.05) is 16.5 Å². The third-order valence-electron chi connectivity index (χ3n) is 4.73. The Kier molecular flexibility index (Phi) is 3.37. The fourth-order valence-electron chi connectivity index (χ4n) is 3.38. The summed E-state index contributed by atoms with van der Waals surface area (Å²) < 4.78 is 5.47. The lowest BCUT2D eigenvalue weighted by molar-refractivity contribution is 0.354. The van der Waals surface area contributed by atoms with Crippen LogP contribution in [-0.2, 0) is 18.3 Å². The Labute approximate surface area is 142 Å². The van der Waals surface area contributed by atoms with E-state index in [0.29, 0.717) is 5.89 Å². The highest BCUT2D eigenvalue weighted by Gasteiger charge is 2.24. The predicted octanol–water partition coefficient (Wildman–Crippen LogP) is 4.79. The van der Waals surface area contributed by atoms with Crippen LogP contribution in [0, 0.1) is 0 Å². The van der Waals surface area contributed by atoms with Crippen molar-refractivity contribution in [2.24, 2.45) is 0 Å². The summed E-state index contributed by atoms with van der Waals surface area (Å²) in [6, 6.07) is 10.9. The molecule has 1 aliphatic carbocycles. The summed E-state index contributed by atoms with van der Waals surface area (Å²) in [6.45, 7) is 8.32. The highest BCUT2D eigenvalue weighted by atomic mass is 16.5. The molecule has 0 radical (unpaired) electrons. The summed E-state index contributed by atoms with van der Waals surface area (Å²) in [4.78, 5) is 4.56. The predicted molar refractivity (Wildman–Crippen MR) is 96.4 cm³/mol. The number of aryl methyl sites for hydroxylation is 2. The van der Waals surface area contributed by atoms with E-state index in [0.717, 1.165) is 24.4 Å². The van der Waals surface area contributed by atoms with Gasteiger partial charge in [-0.15, -0.1) is 0 Å². The van der Waals surface area contributed by atoms with E-state index in [4.69, 9.17) is 4.52 Å². The number of nitrogens with one attached hydrogen (secondary N) is 1. The smallest absolute Gasteiger partial charge is 0.248 e. The number of nitrogens with zero attached hydrogens (tertiary/aromatic N) is 2.